The van der Waals surface area contributed by atoms with Crippen LogP contribution in [0.2, 0.25) is 0 Å². The molecule has 4 aliphatic rings. The lowest BCUT2D eigenvalue weighted by Gasteiger charge is -2.50. The van der Waals surface area contributed by atoms with Crippen LogP contribution in [-0.2, 0) is 25.5 Å². The molecule has 2 amide bonds. The number of hydrogen-bond acceptors (Lipinski definition) is 11. The van der Waals surface area contributed by atoms with Gasteiger partial charge in [0.1, 0.15) is 22.8 Å². The zero-order chi connectivity index (χ0) is 29.3. The highest BCUT2D eigenvalue weighted by Gasteiger charge is 2.63. The van der Waals surface area contributed by atoms with E-state index in [9.17, 15) is 44.4 Å². The Hall–Kier alpha value is -4.07. The molecule has 13 nitrogen and oxygen atoms in total. The van der Waals surface area contributed by atoms with Crippen molar-refractivity contribution in [1.82, 2.24) is 9.80 Å². The van der Waals surface area contributed by atoms with Gasteiger partial charge in [0.2, 0.25) is 5.78 Å². The van der Waals surface area contributed by atoms with Crippen LogP contribution in [0.3, 0.4) is 0 Å². The number of nitrogens with two attached hydrogens (primary N) is 1. The molecule has 6 N–H and O–H groups in total. The normalized spacial score (nSPS) is 28.3. The molecule has 0 aromatic heterocycles. The molecule has 13 heteroatoms. The van der Waals surface area contributed by atoms with Gasteiger partial charge in [0, 0.05) is 30.1 Å². The van der Waals surface area contributed by atoms with Crippen molar-refractivity contribution in [2.24, 2.45) is 17.6 Å². The van der Waals surface area contributed by atoms with Gasteiger partial charge in [-0.25, -0.2) is 0 Å². The van der Waals surface area contributed by atoms with E-state index < -0.39 is 75.5 Å². The van der Waals surface area contributed by atoms with Crippen LogP contribution >= 0.6 is 0 Å². The Morgan fingerprint density at radius 2 is 1.75 bits per heavy atom. The number of aliphatic hydroxyl groups is 3. The summed E-state index contributed by atoms with van der Waals surface area (Å²) in [5.41, 5.74) is 1.00. The number of ketones is 3. The number of phenols is 1. The second kappa shape index (κ2) is 9.54. The first-order chi connectivity index (χ1) is 18.8. The standard InChI is InChI=1S/C27H29N3O10/c1-29(2)19-14-10-11-9-13-12(20(32)26(38)30-5-7-40-8-6-30)3-4-15(31)17(13)21(33)16(11)23(35)27(14,39)24(36)18(22(19)34)25(28)37/h3-4,11,14,19,31,34-35,39H,5-10H2,1-2H3,(H2,28,37)/t11-,14-,19-,27-/m0/s1. The second-order valence-corrected chi connectivity index (χ2v) is 10.7. The minimum absolute atomic E-state index is 0.0837. The first-order valence-corrected chi connectivity index (χ1v) is 12.7. The third kappa shape index (κ3) is 3.76. The third-order valence-electron chi connectivity index (χ3n) is 8.34. The number of carbonyl (C=O) groups excluding carboxylic acids is 5. The van der Waals surface area contributed by atoms with E-state index in [1.54, 1.807) is 0 Å². The van der Waals surface area contributed by atoms with Crippen LogP contribution in [0.5, 0.6) is 5.75 Å². The number of hydrogen-bond donors (Lipinski definition) is 5. The largest absolute Gasteiger partial charge is 0.510 e. The maximum Gasteiger partial charge on any atom is 0.295 e. The summed E-state index contributed by atoms with van der Waals surface area (Å²) in [4.78, 5) is 68.2. The molecule has 1 saturated heterocycles. The number of aliphatic hydroxyl groups excluding tert-OH is 2. The first-order valence-electron chi connectivity index (χ1n) is 12.7. The Kier molecular flexibility index (Phi) is 6.56. The van der Waals surface area contributed by atoms with Crippen LogP contribution in [0, 0.1) is 11.8 Å². The van der Waals surface area contributed by atoms with E-state index in [4.69, 9.17) is 10.5 Å². The Balaban J connectivity index is 1.64. The van der Waals surface area contributed by atoms with Gasteiger partial charge >= 0.3 is 0 Å². The summed E-state index contributed by atoms with van der Waals surface area (Å²) in [6, 6.07) is 1.21. The molecule has 0 unspecified atom stereocenters. The maximum atomic E-state index is 13.8. The Morgan fingerprint density at radius 3 is 2.35 bits per heavy atom. The predicted molar refractivity (Wildman–Crippen MR) is 135 cm³/mol. The topological polar surface area (TPSA) is 208 Å². The summed E-state index contributed by atoms with van der Waals surface area (Å²) < 4.78 is 5.23. The van der Waals surface area contributed by atoms with Crippen LogP contribution in [0.15, 0.2) is 34.8 Å². The van der Waals surface area contributed by atoms with Crippen molar-refractivity contribution in [2.75, 3.05) is 40.4 Å². The van der Waals surface area contributed by atoms with E-state index in [2.05, 4.69) is 0 Å². The van der Waals surface area contributed by atoms with Crippen molar-refractivity contribution >= 4 is 29.2 Å². The Morgan fingerprint density at radius 1 is 1.10 bits per heavy atom. The summed E-state index contributed by atoms with van der Waals surface area (Å²) in [7, 11) is 3.05. The summed E-state index contributed by atoms with van der Waals surface area (Å²) in [5.74, 6) is -9.52. The molecule has 1 fully saturated rings. The SMILES string of the molecule is CN(C)[C@@H]1C(O)=C(C(N)=O)C(=O)[C@@]2(O)C(O)=C3C(=O)c4c(O)ccc(C(=O)C(=O)N5CCOCC5)c4C[C@H]3C[C@@H]12. The number of fused-ring (bicyclic) bond motifs is 3. The number of nitrogens with zero attached hydrogens (tertiary/aromatic N) is 2. The minimum Gasteiger partial charge on any atom is -0.510 e. The Bertz CT molecular complexity index is 1440. The second-order valence-electron chi connectivity index (χ2n) is 10.7. The van der Waals surface area contributed by atoms with Crippen molar-refractivity contribution in [3.05, 3.63) is 51.5 Å². The summed E-state index contributed by atoms with van der Waals surface area (Å²) in [6.45, 7) is 0.986. The Labute approximate surface area is 228 Å². The predicted octanol–water partition coefficient (Wildman–Crippen LogP) is -0.838. The van der Waals surface area contributed by atoms with Gasteiger partial charge in [-0.2, -0.15) is 0 Å². The average molecular weight is 556 g/mol. The third-order valence-corrected chi connectivity index (χ3v) is 8.34. The van der Waals surface area contributed by atoms with E-state index in [0.29, 0.717) is 0 Å². The van der Waals surface area contributed by atoms with Crippen molar-refractivity contribution in [3.63, 3.8) is 0 Å². The number of morpholine rings is 1. The molecule has 0 bridgehead atoms. The number of carbonyl (C=O) groups is 5. The van der Waals surface area contributed by atoms with Gasteiger partial charge < -0.3 is 35.8 Å². The summed E-state index contributed by atoms with van der Waals surface area (Å²) in [6.07, 6.45) is -0.229. The number of rotatable bonds is 4. The highest BCUT2D eigenvalue weighted by atomic mass is 16.5. The molecule has 1 aromatic carbocycles. The fourth-order valence-electron chi connectivity index (χ4n) is 6.49. The van der Waals surface area contributed by atoms with Gasteiger partial charge in [-0.1, -0.05) is 0 Å². The summed E-state index contributed by atoms with van der Waals surface area (Å²) in [5, 5.41) is 44.4. The molecule has 212 valence electrons. The molecule has 4 atom stereocenters. The van der Waals surface area contributed by atoms with Gasteiger partial charge in [-0.3, -0.25) is 28.9 Å². The van der Waals surface area contributed by atoms with Gasteiger partial charge in [-0.05, 0) is 50.6 Å². The average Bonchev–Trinajstić information content (AvgIpc) is 2.90. The number of phenolic OH excluding ortho intramolecular Hbond substituents is 1. The fraction of sp³-hybridized carbons (Fsp3) is 0.444. The number of aromatic hydroxyl groups is 1. The van der Waals surface area contributed by atoms with Crippen LogP contribution in [0.25, 0.3) is 0 Å². The van der Waals surface area contributed by atoms with Crippen molar-refractivity contribution < 1.29 is 49.1 Å². The van der Waals surface area contributed by atoms with Crippen LogP contribution < -0.4 is 5.73 Å². The monoisotopic (exact) mass is 555 g/mol. The van der Waals surface area contributed by atoms with Crippen LogP contribution in [0.4, 0.5) is 0 Å². The molecule has 0 saturated carbocycles. The molecule has 1 aromatic rings. The van der Waals surface area contributed by atoms with Gasteiger partial charge in [0.05, 0.1) is 24.8 Å². The summed E-state index contributed by atoms with van der Waals surface area (Å²) >= 11 is 0. The lowest BCUT2D eigenvalue weighted by atomic mass is 9.58. The number of benzene rings is 1. The highest BCUT2D eigenvalue weighted by molar-refractivity contribution is 6.43. The van der Waals surface area contributed by atoms with Gasteiger partial charge in [0.25, 0.3) is 17.6 Å². The van der Waals surface area contributed by atoms with E-state index >= 15 is 0 Å². The molecular weight excluding hydrogens is 526 g/mol. The fourth-order valence-corrected chi connectivity index (χ4v) is 6.49. The lowest BCUT2D eigenvalue weighted by molar-refractivity contribution is -0.148. The maximum absolute atomic E-state index is 13.8. The molecule has 0 spiro atoms. The van der Waals surface area contributed by atoms with Gasteiger partial charge in [-0.15, -0.1) is 0 Å². The van der Waals surface area contributed by atoms with Crippen molar-refractivity contribution in [2.45, 2.75) is 24.5 Å². The van der Waals surface area contributed by atoms with E-state index in [-0.39, 0.29) is 61.4 Å². The number of allylic oxidation sites excluding steroid dienone is 1. The van der Waals surface area contributed by atoms with Crippen LogP contribution in [0.1, 0.15) is 32.7 Å². The molecule has 0 radical (unpaired) electrons. The quantitative estimate of drug-likeness (QED) is 0.176. The van der Waals surface area contributed by atoms with E-state index in [1.165, 1.54) is 30.0 Å². The zero-order valence-electron chi connectivity index (χ0n) is 21.8. The zero-order valence-corrected chi connectivity index (χ0v) is 21.8. The van der Waals surface area contributed by atoms with E-state index in [1.807, 2.05) is 0 Å². The molecule has 40 heavy (non-hydrogen) atoms. The highest BCUT2D eigenvalue weighted by Crippen LogP contribution is 2.52. The molecule has 1 heterocycles. The lowest BCUT2D eigenvalue weighted by Crippen LogP contribution is -2.63. The number of likely N-dealkylation sites (N-methyl/N-ethyl adjacent to an activating group) is 1. The van der Waals surface area contributed by atoms with Crippen molar-refractivity contribution in [3.8, 4) is 5.75 Å². The molecule has 5 rings (SSSR count). The van der Waals surface area contributed by atoms with Crippen molar-refractivity contribution in [1.29, 1.82) is 0 Å². The number of Topliss-reactive ketones (excluding diaryl/α,β-unsaturated/α-hetero) is 3. The van der Waals surface area contributed by atoms with E-state index in [0.717, 1.165) is 6.07 Å². The smallest absolute Gasteiger partial charge is 0.295 e. The molecular formula is C27H29N3O10. The number of ether oxygens (including phenoxy) is 1. The van der Waals surface area contributed by atoms with Gasteiger partial charge in [0.15, 0.2) is 11.4 Å². The van der Waals surface area contributed by atoms with Crippen LogP contribution in [-0.4, -0.2) is 111 Å². The number of amides is 2. The first kappa shape index (κ1) is 27.5. The molecule has 3 aliphatic carbocycles. The minimum atomic E-state index is -2.76. The molecule has 1 aliphatic heterocycles. The number of primary amides is 1.